The molecular formula is C38H30F6N2O9S2. The second kappa shape index (κ2) is 17.3. The SMILES string of the molecule is CS(=O)(=O)NC(=O)c1ccc2c(Oc3ccc(C(F)(F)F)cc3)cccc2c1.CS(N)(=O)=O.O=C(O)c1ccc2c(Oc3ccc(C(F)(F)F)cc3)cccc2c1. The van der Waals surface area contributed by atoms with E-state index in [9.17, 15) is 52.8 Å². The Morgan fingerprint density at radius 3 is 1.32 bits per heavy atom. The Labute approximate surface area is 321 Å². The predicted molar refractivity (Wildman–Crippen MR) is 199 cm³/mol. The van der Waals surface area contributed by atoms with E-state index in [1.54, 1.807) is 48.5 Å². The summed E-state index contributed by atoms with van der Waals surface area (Å²) in [5.41, 5.74) is -1.24. The van der Waals surface area contributed by atoms with Gasteiger partial charge in [0, 0.05) is 16.3 Å². The van der Waals surface area contributed by atoms with Gasteiger partial charge in [-0.15, -0.1) is 0 Å². The molecule has 0 radical (unpaired) electrons. The lowest BCUT2D eigenvalue weighted by Crippen LogP contribution is -2.29. The number of benzene rings is 6. The molecule has 0 aliphatic rings. The summed E-state index contributed by atoms with van der Waals surface area (Å²) in [4.78, 5) is 23.0. The lowest BCUT2D eigenvalue weighted by Gasteiger charge is -2.11. The summed E-state index contributed by atoms with van der Waals surface area (Å²) in [6.45, 7) is 0. The average molecular weight is 837 g/mol. The number of carboxylic acid groups (broad SMARTS) is 1. The van der Waals surface area contributed by atoms with E-state index in [-0.39, 0.29) is 22.6 Å². The first-order chi connectivity index (χ1) is 26.4. The molecule has 57 heavy (non-hydrogen) atoms. The number of primary sulfonamides is 1. The Morgan fingerprint density at radius 2 is 0.965 bits per heavy atom. The minimum atomic E-state index is -4.43. The zero-order valence-corrected chi connectivity index (χ0v) is 31.1. The maximum absolute atomic E-state index is 12.6. The number of carboxylic acids is 1. The second-order valence-corrected chi connectivity index (χ2v) is 15.4. The van der Waals surface area contributed by atoms with Crippen molar-refractivity contribution in [2.75, 3.05) is 12.5 Å². The van der Waals surface area contributed by atoms with Gasteiger partial charge in [0.2, 0.25) is 20.0 Å². The van der Waals surface area contributed by atoms with Crippen LogP contribution in [0.1, 0.15) is 31.8 Å². The maximum atomic E-state index is 12.6. The molecule has 0 aromatic heterocycles. The van der Waals surface area contributed by atoms with Crippen LogP contribution < -0.4 is 19.3 Å². The van der Waals surface area contributed by atoms with Gasteiger partial charge in [0.25, 0.3) is 5.91 Å². The number of hydrogen-bond acceptors (Lipinski definition) is 8. The van der Waals surface area contributed by atoms with Crippen molar-refractivity contribution >= 4 is 53.5 Å². The minimum absolute atomic E-state index is 0.143. The number of hydrogen-bond donors (Lipinski definition) is 3. The number of amides is 1. The van der Waals surface area contributed by atoms with Crippen LogP contribution in [0.5, 0.6) is 23.0 Å². The number of nitrogens with two attached hydrogens (primary N) is 1. The number of halogens is 6. The third kappa shape index (κ3) is 13.2. The van der Waals surface area contributed by atoms with Crippen LogP contribution in [0.3, 0.4) is 0 Å². The fourth-order valence-electron chi connectivity index (χ4n) is 4.87. The van der Waals surface area contributed by atoms with E-state index >= 15 is 0 Å². The molecule has 0 aliphatic carbocycles. The molecule has 0 spiro atoms. The van der Waals surface area contributed by atoms with E-state index in [4.69, 9.17) is 14.6 Å². The van der Waals surface area contributed by atoms with Crippen LogP contribution in [0.2, 0.25) is 0 Å². The zero-order valence-electron chi connectivity index (χ0n) is 29.4. The molecule has 0 saturated carbocycles. The van der Waals surface area contributed by atoms with Gasteiger partial charge in [-0.3, -0.25) is 4.79 Å². The molecule has 0 atom stereocenters. The number of alkyl halides is 6. The highest BCUT2D eigenvalue weighted by Gasteiger charge is 2.31. The smallest absolute Gasteiger partial charge is 0.416 e. The first-order valence-corrected chi connectivity index (χ1v) is 19.7. The number of nitrogens with one attached hydrogen (secondary N) is 1. The Morgan fingerprint density at radius 1 is 0.596 bits per heavy atom. The summed E-state index contributed by atoms with van der Waals surface area (Å²) >= 11 is 0. The van der Waals surface area contributed by atoms with Crippen molar-refractivity contribution in [2.24, 2.45) is 5.14 Å². The molecule has 6 rings (SSSR count). The Balaban J connectivity index is 0.000000228. The highest BCUT2D eigenvalue weighted by atomic mass is 32.2. The average Bonchev–Trinajstić information content (AvgIpc) is 3.10. The van der Waals surface area contributed by atoms with Gasteiger partial charge in [0.05, 0.1) is 29.2 Å². The van der Waals surface area contributed by atoms with Gasteiger partial charge in [-0.25, -0.2) is 31.5 Å². The molecule has 0 bridgehead atoms. The third-order valence-corrected chi connectivity index (χ3v) is 7.84. The second-order valence-electron chi connectivity index (χ2n) is 12.0. The molecule has 6 aromatic carbocycles. The van der Waals surface area contributed by atoms with Gasteiger partial charge in [0.15, 0.2) is 0 Å². The highest BCUT2D eigenvalue weighted by molar-refractivity contribution is 7.89. The molecule has 0 saturated heterocycles. The van der Waals surface area contributed by atoms with Crippen LogP contribution in [0.25, 0.3) is 21.5 Å². The predicted octanol–water partition coefficient (Wildman–Crippen LogP) is 8.59. The quantitative estimate of drug-likeness (QED) is 0.133. The number of aromatic carboxylic acids is 1. The Bertz CT molecular complexity index is 2630. The van der Waals surface area contributed by atoms with E-state index in [0.29, 0.717) is 33.0 Å². The van der Waals surface area contributed by atoms with Crippen LogP contribution in [0.4, 0.5) is 26.3 Å². The lowest BCUT2D eigenvalue weighted by atomic mass is 10.1. The molecule has 19 heteroatoms. The molecular weight excluding hydrogens is 807 g/mol. The van der Waals surface area contributed by atoms with Crippen LogP contribution in [-0.2, 0) is 32.4 Å². The van der Waals surface area contributed by atoms with Crippen molar-refractivity contribution in [3.63, 3.8) is 0 Å². The number of carbonyl (C=O) groups excluding carboxylic acids is 1. The van der Waals surface area contributed by atoms with Crippen molar-refractivity contribution in [2.45, 2.75) is 12.4 Å². The minimum Gasteiger partial charge on any atom is -0.478 e. The normalized spacial score (nSPS) is 11.7. The molecule has 4 N–H and O–H groups in total. The summed E-state index contributed by atoms with van der Waals surface area (Å²) in [5.74, 6) is -0.502. The molecule has 300 valence electrons. The maximum Gasteiger partial charge on any atom is 0.416 e. The molecule has 1 amide bonds. The van der Waals surface area contributed by atoms with Gasteiger partial charge in [0.1, 0.15) is 23.0 Å². The highest BCUT2D eigenvalue weighted by Crippen LogP contribution is 2.35. The first kappa shape index (κ1) is 43.5. The van der Waals surface area contributed by atoms with Crippen molar-refractivity contribution in [1.82, 2.24) is 4.72 Å². The largest absolute Gasteiger partial charge is 0.478 e. The molecule has 11 nitrogen and oxygen atoms in total. The van der Waals surface area contributed by atoms with Gasteiger partial charge >= 0.3 is 18.3 Å². The number of ether oxygens (including phenoxy) is 2. The van der Waals surface area contributed by atoms with Crippen LogP contribution >= 0.6 is 0 Å². The summed E-state index contributed by atoms with van der Waals surface area (Å²) < 4.78 is 130. The van der Waals surface area contributed by atoms with Gasteiger partial charge in [-0.05, 0) is 108 Å². The van der Waals surface area contributed by atoms with Crippen molar-refractivity contribution in [3.05, 3.63) is 144 Å². The summed E-state index contributed by atoms with van der Waals surface area (Å²) in [5, 5.41) is 15.9. The molecule has 0 aliphatic heterocycles. The van der Waals surface area contributed by atoms with Crippen LogP contribution in [-0.4, -0.2) is 46.3 Å². The van der Waals surface area contributed by atoms with Gasteiger partial charge in [-0.2, -0.15) is 26.3 Å². The molecule has 6 aromatic rings. The van der Waals surface area contributed by atoms with Gasteiger partial charge < -0.3 is 14.6 Å². The number of carbonyl (C=O) groups is 2. The van der Waals surface area contributed by atoms with Gasteiger partial charge in [-0.1, -0.05) is 24.3 Å². The fourth-order valence-corrected chi connectivity index (χ4v) is 5.32. The first-order valence-electron chi connectivity index (χ1n) is 15.9. The van der Waals surface area contributed by atoms with E-state index < -0.39 is 55.4 Å². The monoisotopic (exact) mass is 836 g/mol. The van der Waals surface area contributed by atoms with Crippen molar-refractivity contribution in [1.29, 1.82) is 0 Å². The standard InChI is InChI=1S/C19H14F3NO4S.C18H11F3O3.CH5NO2S/c1-28(25,26)23-18(24)13-5-10-16-12(11-13)3-2-4-17(16)27-15-8-6-14(7-9-15)19(20,21)22;19-18(20,21)13-5-7-14(8-6-13)24-16-3-1-2-11-10-12(17(22)23)4-9-15(11)16;1-5(2,3)4/h2-11H,1H3,(H,23,24);1-10H,(H,22,23);1H3,(H2,2,3,4). The van der Waals surface area contributed by atoms with E-state index in [0.717, 1.165) is 36.8 Å². The lowest BCUT2D eigenvalue weighted by molar-refractivity contribution is -0.138. The summed E-state index contributed by atoms with van der Waals surface area (Å²) in [6.07, 6.45) is -7.01. The zero-order chi connectivity index (χ0) is 42.3. The Hall–Kier alpha value is -6.18. The number of sulfonamides is 2. The number of fused-ring (bicyclic) bond motifs is 2. The number of rotatable bonds is 7. The topological polar surface area (TPSA) is 179 Å². The summed E-state index contributed by atoms with van der Waals surface area (Å²) in [6, 6.07) is 27.8. The third-order valence-electron chi connectivity index (χ3n) is 7.29. The molecule has 0 fully saturated rings. The van der Waals surface area contributed by atoms with Crippen LogP contribution in [0, 0.1) is 0 Å². The molecule has 0 unspecified atom stereocenters. The molecule has 0 heterocycles. The van der Waals surface area contributed by atoms with E-state index in [1.807, 2.05) is 4.72 Å². The van der Waals surface area contributed by atoms with Crippen molar-refractivity contribution in [3.8, 4) is 23.0 Å². The van der Waals surface area contributed by atoms with E-state index in [2.05, 4.69) is 5.14 Å². The van der Waals surface area contributed by atoms with E-state index in [1.165, 1.54) is 48.5 Å². The van der Waals surface area contributed by atoms with Crippen LogP contribution in [0.15, 0.2) is 121 Å². The summed E-state index contributed by atoms with van der Waals surface area (Å²) in [7, 11) is -6.86. The fraction of sp³-hybridized carbons (Fsp3) is 0.105. The van der Waals surface area contributed by atoms with Crippen molar-refractivity contribution < 1.29 is 67.3 Å². The Kier molecular flexibility index (Phi) is 13.2.